The molecule has 1 aromatic carbocycles. The van der Waals surface area contributed by atoms with Crippen LogP contribution in [-0.4, -0.2) is 50.9 Å². The number of rotatable bonds is 8. The second-order valence-electron chi connectivity index (χ2n) is 6.44. The average Bonchev–Trinajstić information content (AvgIpc) is 2.51. The van der Waals surface area contributed by atoms with Crippen molar-refractivity contribution in [3.05, 3.63) is 34.4 Å². The van der Waals surface area contributed by atoms with Crippen LogP contribution < -0.4 is 10.1 Å². The van der Waals surface area contributed by atoms with Gasteiger partial charge in [-0.3, -0.25) is 10.1 Å². The van der Waals surface area contributed by atoms with Crippen molar-refractivity contribution in [3.63, 3.8) is 0 Å². The Bertz CT molecular complexity index is 727. The maximum absolute atomic E-state index is 11.8. The fraction of sp³-hybridized carbons (Fsp3) is 0.438. The molecule has 0 aliphatic heterocycles. The lowest BCUT2D eigenvalue weighted by Crippen LogP contribution is -2.47. The Labute approximate surface area is 154 Å². The van der Waals surface area contributed by atoms with E-state index >= 15 is 0 Å². The quantitative estimate of drug-likeness (QED) is 0.447. The molecule has 0 bridgehead atoms. The first-order chi connectivity index (χ1) is 12.4. The molecule has 0 aliphatic rings. The van der Waals surface area contributed by atoms with Gasteiger partial charge in [0.1, 0.15) is 11.6 Å². The molecule has 1 rings (SSSR count). The summed E-state index contributed by atoms with van der Waals surface area (Å²) in [6, 6.07) is 3.41. The molecule has 0 saturated heterocycles. The van der Waals surface area contributed by atoms with E-state index in [4.69, 9.17) is 9.47 Å². The number of para-hydroxylation sites is 2. The van der Waals surface area contributed by atoms with Gasteiger partial charge in [-0.05, 0) is 26.8 Å². The van der Waals surface area contributed by atoms with Crippen LogP contribution >= 0.6 is 0 Å². The van der Waals surface area contributed by atoms with E-state index in [-0.39, 0.29) is 5.75 Å². The number of aliphatic carboxylic acids is 2. The van der Waals surface area contributed by atoms with Crippen LogP contribution in [0.2, 0.25) is 0 Å². The smallest absolute Gasteiger partial charge is 0.408 e. The number of carboxylic acid groups (broad SMARTS) is 2. The van der Waals surface area contributed by atoms with Crippen molar-refractivity contribution in [1.29, 1.82) is 0 Å². The minimum atomic E-state index is -1.76. The number of ether oxygens (including phenoxy) is 2. The van der Waals surface area contributed by atoms with Gasteiger partial charge >= 0.3 is 23.7 Å². The predicted molar refractivity (Wildman–Crippen MR) is 90.6 cm³/mol. The Morgan fingerprint density at radius 2 is 1.78 bits per heavy atom. The van der Waals surface area contributed by atoms with E-state index in [0.29, 0.717) is 0 Å². The number of nitro benzene ring substituents is 1. The number of nitro groups is 1. The monoisotopic (exact) mass is 384 g/mol. The largest absolute Gasteiger partial charge is 0.480 e. The number of nitrogens with zero attached hydrogens (tertiary/aromatic N) is 1. The van der Waals surface area contributed by atoms with E-state index in [9.17, 15) is 34.7 Å². The highest BCUT2D eigenvalue weighted by molar-refractivity contribution is 5.81. The van der Waals surface area contributed by atoms with Gasteiger partial charge < -0.3 is 25.0 Å². The van der Waals surface area contributed by atoms with Gasteiger partial charge in [0, 0.05) is 12.5 Å². The van der Waals surface area contributed by atoms with Gasteiger partial charge in [-0.1, -0.05) is 12.1 Å². The van der Waals surface area contributed by atoms with Gasteiger partial charge in [0.15, 0.2) is 11.9 Å². The molecule has 11 nitrogen and oxygen atoms in total. The first-order valence-corrected chi connectivity index (χ1v) is 7.76. The maximum Gasteiger partial charge on any atom is 0.408 e. The number of carbonyl (C=O) groups is 3. The summed E-state index contributed by atoms with van der Waals surface area (Å²) >= 11 is 0. The normalized spacial score (nSPS) is 13.1. The summed E-state index contributed by atoms with van der Waals surface area (Å²) in [5, 5.41) is 31.6. The molecule has 0 radical (unpaired) electrons. The summed E-state index contributed by atoms with van der Waals surface area (Å²) in [5.41, 5.74) is -1.36. The SMILES string of the molecule is CC(C)(C)OC(=O)NC(CC(Oc1ccccc1[N+](=O)[O-])C(=O)O)C(=O)O. The van der Waals surface area contributed by atoms with E-state index in [0.717, 1.165) is 6.07 Å². The second-order valence-corrected chi connectivity index (χ2v) is 6.44. The number of alkyl carbamates (subject to hydrolysis) is 1. The van der Waals surface area contributed by atoms with Gasteiger partial charge in [-0.25, -0.2) is 14.4 Å². The predicted octanol–water partition coefficient (Wildman–Crippen LogP) is 1.79. The van der Waals surface area contributed by atoms with Crippen molar-refractivity contribution >= 4 is 23.7 Å². The van der Waals surface area contributed by atoms with Gasteiger partial charge in [-0.15, -0.1) is 0 Å². The summed E-state index contributed by atoms with van der Waals surface area (Å²) in [6.45, 7) is 4.71. The van der Waals surface area contributed by atoms with E-state index in [1.807, 2.05) is 5.32 Å². The van der Waals surface area contributed by atoms with Crippen LogP contribution in [0.5, 0.6) is 5.75 Å². The van der Waals surface area contributed by atoms with Gasteiger partial charge in [0.25, 0.3) is 0 Å². The fourth-order valence-electron chi connectivity index (χ4n) is 1.95. The zero-order valence-corrected chi connectivity index (χ0v) is 14.9. The van der Waals surface area contributed by atoms with Gasteiger partial charge in [0.05, 0.1) is 4.92 Å². The number of hydrogen-bond acceptors (Lipinski definition) is 7. The molecule has 3 N–H and O–H groups in total. The molecule has 0 fully saturated rings. The van der Waals surface area contributed by atoms with Crippen molar-refractivity contribution in [3.8, 4) is 5.75 Å². The van der Waals surface area contributed by atoms with Gasteiger partial charge in [-0.2, -0.15) is 0 Å². The molecule has 1 amide bonds. The van der Waals surface area contributed by atoms with Crippen molar-refractivity contribution in [2.45, 2.75) is 44.9 Å². The van der Waals surface area contributed by atoms with Crippen LogP contribution in [-0.2, 0) is 14.3 Å². The number of hydrogen-bond donors (Lipinski definition) is 3. The third-order valence-electron chi connectivity index (χ3n) is 3.05. The van der Waals surface area contributed by atoms with Crippen LogP contribution in [0, 0.1) is 10.1 Å². The highest BCUT2D eigenvalue weighted by Gasteiger charge is 2.32. The topological polar surface area (TPSA) is 165 Å². The molecular formula is C16H20N2O9. The number of carbonyl (C=O) groups excluding carboxylic acids is 1. The molecule has 11 heteroatoms. The molecule has 0 aromatic heterocycles. The lowest BCUT2D eigenvalue weighted by molar-refractivity contribution is -0.386. The molecule has 0 aliphatic carbocycles. The molecule has 148 valence electrons. The molecule has 1 aromatic rings. The molecule has 2 unspecified atom stereocenters. The zero-order chi connectivity index (χ0) is 20.8. The molecule has 2 atom stereocenters. The standard InChI is InChI=1S/C16H20N2O9/c1-16(2,3)27-15(23)17-9(13(19)20)8-12(14(21)22)26-11-7-5-4-6-10(11)18(24)25/h4-7,9,12H,8H2,1-3H3,(H,17,23)(H,19,20)(H,21,22). The van der Waals surface area contributed by atoms with Crippen LogP contribution in [0.3, 0.4) is 0 Å². The van der Waals surface area contributed by atoms with E-state index < -0.39 is 52.8 Å². The lowest BCUT2D eigenvalue weighted by atomic mass is 10.1. The minimum absolute atomic E-state index is 0.337. The molecular weight excluding hydrogens is 364 g/mol. The van der Waals surface area contributed by atoms with Crippen molar-refractivity contribution in [2.24, 2.45) is 0 Å². The number of nitrogens with one attached hydrogen (secondary N) is 1. The number of amides is 1. The molecule has 0 saturated carbocycles. The summed E-state index contributed by atoms with van der Waals surface area (Å²) in [4.78, 5) is 44.8. The van der Waals surface area contributed by atoms with Crippen LogP contribution in [0.1, 0.15) is 27.2 Å². The summed E-state index contributed by atoms with van der Waals surface area (Å²) in [7, 11) is 0. The van der Waals surface area contributed by atoms with Gasteiger partial charge in [0.2, 0.25) is 0 Å². The van der Waals surface area contributed by atoms with Crippen molar-refractivity contribution in [2.75, 3.05) is 0 Å². The molecule has 0 heterocycles. The zero-order valence-electron chi connectivity index (χ0n) is 14.9. The molecule has 27 heavy (non-hydrogen) atoms. The Kier molecular flexibility index (Phi) is 7.09. The van der Waals surface area contributed by atoms with E-state index in [2.05, 4.69) is 0 Å². The fourth-order valence-corrected chi connectivity index (χ4v) is 1.95. The third kappa shape index (κ3) is 7.18. The highest BCUT2D eigenvalue weighted by Crippen LogP contribution is 2.27. The highest BCUT2D eigenvalue weighted by atomic mass is 16.6. The maximum atomic E-state index is 11.8. The minimum Gasteiger partial charge on any atom is -0.480 e. The average molecular weight is 384 g/mol. The van der Waals surface area contributed by atoms with E-state index in [1.165, 1.54) is 18.2 Å². The molecule has 0 spiro atoms. The Hall–Kier alpha value is -3.37. The third-order valence-corrected chi connectivity index (χ3v) is 3.05. The first kappa shape index (κ1) is 21.7. The summed E-state index contributed by atoms with van der Waals surface area (Å²) in [6.07, 6.45) is -3.50. The summed E-state index contributed by atoms with van der Waals surface area (Å²) in [5.74, 6) is -3.40. The Morgan fingerprint density at radius 1 is 1.19 bits per heavy atom. The van der Waals surface area contributed by atoms with Crippen LogP contribution in [0.25, 0.3) is 0 Å². The van der Waals surface area contributed by atoms with Crippen molar-refractivity contribution in [1.82, 2.24) is 5.32 Å². The number of carboxylic acids is 2. The van der Waals surface area contributed by atoms with E-state index in [1.54, 1.807) is 20.8 Å². The number of benzene rings is 1. The van der Waals surface area contributed by atoms with Crippen LogP contribution in [0.15, 0.2) is 24.3 Å². The lowest BCUT2D eigenvalue weighted by Gasteiger charge is -2.23. The van der Waals surface area contributed by atoms with Crippen LogP contribution in [0.4, 0.5) is 10.5 Å². The Morgan fingerprint density at radius 3 is 2.26 bits per heavy atom. The summed E-state index contributed by atoms with van der Waals surface area (Å²) < 4.78 is 10.1. The van der Waals surface area contributed by atoms with Crippen molar-refractivity contribution < 1.29 is 39.0 Å². The first-order valence-electron chi connectivity index (χ1n) is 7.76. The Balaban J connectivity index is 2.96. The second kappa shape index (κ2) is 8.83.